The Morgan fingerprint density at radius 3 is 2.69 bits per heavy atom. The van der Waals surface area contributed by atoms with E-state index in [9.17, 15) is 9.36 Å². The minimum atomic E-state index is -3.69. The molecule has 1 aromatic rings. The van der Waals surface area contributed by atoms with E-state index < -0.39 is 13.9 Å². The molecule has 0 fully saturated rings. The van der Waals surface area contributed by atoms with Gasteiger partial charge >= 0.3 is 7.60 Å². The summed E-state index contributed by atoms with van der Waals surface area (Å²) in [5.74, 6) is -0.385. The molecular weight excluding hydrogens is 229 g/mol. The molecule has 0 aliphatic heterocycles. The predicted octanol–water partition coefficient (Wildman–Crippen LogP) is 1.51. The van der Waals surface area contributed by atoms with Crippen molar-refractivity contribution in [3.05, 3.63) is 35.4 Å². The second kappa shape index (κ2) is 5.25. The van der Waals surface area contributed by atoms with Crippen LogP contribution in [0, 0.1) is 6.92 Å². The minimum absolute atomic E-state index is 0.385. The van der Waals surface area contributed by atoms with Crippen molar-refractivity contribution in [2.45, 2.75) is 6.92 Å². The van der Waals surface area contributed by atoms with Crippen molar-refractivity contribution in [3.8, 4) is 0 Å². The van der Waals surface area contributed by atoms with Crippen LogP contribution in [0.15, 0.2) is 24.3 Å². The maximum atomic E-state index is 11.6. The van der Waals surface area contributed by atoms with Gasteiger partial charge in [-0.05, 0) is 18.6 Å². The van der Waals surface area contributed by atoms with Crippen LogP contribution in [-0.2, 0) is 9.09 Å². The third-order valence-electron chi connectivity index (χ3n) is 2.11. The first kappa shape index (κ1) is 12.9. The van der Waals surface area contributed by atoms with Gasteiger partial charge in [0, 0.05) is 12.7 Å². The molecule has 0 heterocycles. The Hall–Kier alpha value is -1.16. The summed E-state index contributed by atoms with van der Waals surface area (Å²) in [6.45, 7) is 1.80. The Morgan fingerprint density at radius 1 is 1.50 bits per heavy atom. The number of benzene rings is 1. The van der Waals surface area contributed by atoms with Crippen LogP contribution in [0.1, 0.15) is 15.9 Å². The summed E-state index contributed by atoms with van der Waals surface area (Å²) in [7, 11) is -2.57. The number of hydrogen-bond acceptors (Lipinski definition) is 3. The fourth-order valence-corrected chi connectivity index (χ4v) is 1.63. The van der Waals surface area contributed by atoms with Crippen LogP contribution in [0.2, 0.25) is 0 Å². The molecule has 1 rings (SSSR count). The second-order valence-electron chi connectivity index (χ2n) is 3.30. The molecule has 1 atom stereocenters. The summed E-state index contributed by atoms with van der Waals surface area (Å²) >= 11 is 0. The summed E-state index contributed by atoms with van der Waals surface area (Å²) in [4.78, 5) is 20.7. The number of carbonyl (C=O) groups excluding carboxylic acids is 1. The van der Waals surface area contributed by atoms with E-state index in [0.717, 1.165) is 12.7 Å². The van der Waals surface area contributed by atoms with E-state index in [0.29, 0.717) is 5.56 Å². The second-order valence-corrected chi connectivity index (χ2v) is 5.26. The molecule has 0 spiro atoms. The van der Waals surface area contributed by atoms with Gasteiger partial charge < -0.3 is 14.7 Å². The van der Waals surface area contributed by atoms with Crippen molar-refractivity contribution in [2.24, 2.45) is 0 Å². The molecule has 0 aliphatic rings. The van der Waals surface area contributed by atoms with Gasteiger partial charge in [-0.25, -0.2) is 0 Å². The molecule has 1 amide bonds. The van der Waals surface area contributed by atoms with Crippen LogP contribution >= 0.6 is 7.60 Å². The largest absolute Gasteiger partial charge is 0.346 e. The van der Waals surface area contributed by atoms with Gasteiger partial charge in [0.2, 0.25) is 0 Å². The first-order valence-corrected chi connectivity index (χ1v) is 6.44. The Labute approximate surface area is 94.0 Å². The maximum Gasteiger partial charge on any atom is 0.346 e. The number of carbonyl (C=O) groups is 1. The van der Waals surface area contributed by atoms with Crippen molar-refractivity contribution in [3.63, 3.8) is 0 Å². The Bertz CT molecular complexity index is 433. The first-order valence-electron chi connectivity index (χ1n) is 4.67. The molecule has 1 aromatic carbocycles. The Morgan fingerprint density at radius 2 is 2.12 bits per heavy atom. The van der Waals surface area contributed by atoms with Crippen LogP contribution in [0.5, 0.6) is 0 Å². The van der Waals surface area contributed by atoms with E-state index in [4.69, 9.17) is 4.89 Å². The van der Waals surface area contributed by atoms with Crippen LogP contribution in [0.25, 0.3) is 0 Å². The molecule has 0 radical (unpaired) electrons. The number of rotatable bonds is 4. The fourth-order valence-electron chi connectivity index (χ4n) is 1.16. The lowest BCUT2D eigenvalue weighted by molar-refractivity contribution is 0.0956. The number of nitrogens with one attached hydrogen (secondary N) is 1. The Balaban J connectivity index is 2.68. The maximum absolute atomic E-state index is 11.6. The van der Waals surface area contributed by atoms with E-state index in [1.807, 2.05) is 6.07 Å². The Kier molecular flexibility index (Phi) is 4.24. The average molecular weight is 243 g/mol. The lowest BCUT2D eigenvalue weighted by Crippen LogP contribution is -2.25. The zero-order chi connectivity index (χ0) is 12.2. The van der Waals surface area contributed by atoms with Crippen molar-refractivity contribution < 1.29 is 18.8 Å². The van der Waals surface area contributed by atoms with Gasteiger partial charge in [-0.15, -0.1) is 0 Å². The molecule has 88 valence electrons. The quantitative estimate of drug-likeness (QED) is 0.786. The molecule has 0 bridgehead atoms. The standard InChI is InChI=1S/C10H14NO4P/c1-8-5-3-4-6-9(8)10(12)11-7-16(13,14)15-2/h3-6H,7H2,1-2H3,(H,11,12)(H,13,14). The van der Waals surface area contributed by atoms with Gasteiger partial charge in [-0.3, -0.25) is 9.36 Å². The smallest absolute Gasteiger partial charge is 0.340 e. The van der Waals surface area contributed by atoms with Crippen molar-refractivity contribution >= 4 is 13.5 Å². The van der Waals surface area contributed by atoms with Crippen LogP contribution in [0.4, 0.5) is 0 Å². The highest BCUT2D eigenvalue weighted by Gasteiger charge is 2.18. The fraction of sp³-hybridized carbons (Fsp3) is 0.300. The lowest BCUT2D eigenvalue weighted by atomic mass is 10.1. The van der Waals surface area contributed by atoms with Gasteiger partial charge in [0.05, 0.1) is 0 Å². The summed E-state index contributed by atoms with van der Waals surface area (Å²) in [6.07, 6.45) is -0.392. The molecular formula is C10H14NO4P. The third-order valence-corrected chi connectivity index (χ3v) is 3.24. The predicted molar refractivity (Wildman–Crippen MR) is 60.3 cm³/mol. The van der Waals surface area contributed by atoms with Gasteiger partial charge in [0.1, 0.15) is 6.29 Å². The van der Waals surface area contributed by atoms with E-state index in [-0.39, 0.29) is 5.91 Å². The van der Waals surface area contributed by atoms with Gasteiger partial charge in [0.25, 0.3) is 5.91 Å². The molecule has 5 nitrogen and oxygen atoms in total. The van der Waals surface area contributed by atoms with E-state index in [1.54, 1.807) is 25.1 Å². The van der Waals surface area contributed by atoms with Crippen LogP contribution in [0.3, 0.4) is 0 Å². The summed E-state index contributed by atoms with van der Waals surface area (Å²) in [5.41, 5.74) is 1.30. The highest BCUT2D eigenvalue weighted by Crippen LogP contribution is 2.38. The van der Waals surface area contributed by atoms with Crippen molar-refractivity contribution in [2.75, 3.05) is 13.4 Å². The molecule has 6 heteroatoms. The molecule has 0 saturated carbocycles. The average Bonchev–Trinajstić information content (AvgIpc) is 2.27. The van der Waals surface area contributed by atoms with Crippen LogP contribution in [-0.4, -0.2) is 24.2 Å². The van der Waals surface area contributed by atoms with E-state index in [1.165, 1.54) is 0 Å². The lowest BCUT2D eigenvalue weighted by Gasteiger charge is -2.10. The summed E-state index contributed by atoms with van der Waals surface area (Å²) in [5, 5.41) is 2.35. The zero-order valence-corrected chi connectivity index (χ0v) is 10.0. The normalized spacial score (nSPS) is 14.2. The summed E-state index contributed by atoms with van der Waals surface area (Å²) in [6, 6.07) is 7.00. The molecule has 2 N–H and O–H groups in total. The van der Waals surface area contributed by atoms with E-state index >= 15 is 0 Å². The monoisotopic (exact) mass is 243 g/mol. The van der Waals surface area contributed by atoms with Crippen LogP contribution < -0.4 is 5.32 Å². The van der Waals surface area contributed by atoms with Crippen molar-refractivity contribution in [1.82, 2.24) is 5.32 Å². The molecule has 1 unspecified atom stereocenters. The molecule has 0 aliphatic carbocycles. The van der Waals surface area contributed by atoms with E-state index in [2.05, 4.69) is 9.84 Å². The third kappa shape index (κ3) is 3.45. The zero-order valence-electron chi connectivity index (χ0n) is 9.14. The first-order chi connectivity index (χ1) is 7.46. The topological polar surface area (TPSA) is 75.6 Å². The number of aryl methyl sites for hydroxylation is 1. The number of hydrogen-bond donors (Lipinski definition) is 2. The molecule has 0 aromatic heterocycles. The summed E-state index contributed by atoms with van der Waals surface area (Å²) < 4.78 is 15.5. The van der Waals surface area contributed by atoms with Gasteiger partial charge in [-0.2, -0.15) is 0 Å². The molecule has 0 saturated heterocycles. The van der Waals surface area contributed by atoms with Gasteiger partial charge in [0.15, 0.2) is 0 Å². The van der Waals surface area contributed by atoms with Crippen molar-refractivity contribution in [1.29, 1.82) is 0 Å². The minimum Gasteiger partial charge on any atom is -0.340 e. The molecule has 16 heavy (non-hydrogen) atoms. The number of amides is 1. The van der Waals surface area contributed by atoms with Gasteiger partial charge in [-0.1, -0.05) is 18.2 Å². The highest BCUT2D eigenvalue weighted by atomic mass is 31.2. The SMILES string of the molecule is COP(=O)(O)CNC(=O)c1ccccc1C. The highest BCUT2D eigenvalue weighted by molar-refractivity contribution is 7.52.